The van der Waals surface area contributed by atoms with Crippen molar-refractivity contribution in [1.29, 1.82) is 0 Å². The number of ether oxygens (including phenoxy) is 1. The quantitative estimate of drug-likeness (QED) is 0.0565. The van der Waals surface area contributed by atoms with Gasteiger partial charge in [0.2, 0.25) is 5.91 Å². The van der Waals surface area contributed by atoms with Gasteiger partial charge in [-0.25, -0.2) is 0 Å². The molecule has 2 fully saturated rings. The van der Waals surface area contributed by atoms with Gasteiger partial charge in [-0.3, -0.25) is 48.0 Å². The van der Waals surface area contributed by atoms with Gasteiger partial charge in [-0.2, -0.15) is 0 Å². The number of rotatable bonds is 21. The summed E-state index contributed by atoms with van der Waals surface area (Å²) in [5.41, 5.74) is 10.8. The number of carbonyl (C=O) groups excluding carboxylic acids is 8. The fourth-order valence-electron chi connectivity index (χ4n) is 5.85. The van der Waals surface area contributed by atoms with Crippen molar-refractivity contribution >= 4 is 54.0 Å². The summed E-state index contributed by atoms with van der Waals surface area (Å²) in [6.07, 6.45) is 10.8. The molecule has 0 bridgehead atoms. The molecule has 1 saturated heterocycles. The van der Waals surface area contributed by atoms with Crippen molar-refractivity contribution in [2.24, 2.45) is 58.8 Å². The van der Waals surface area contributed by atoms with Crippen molar-refractivity contribution in [2.75, 3.05) is 45.9 Å². The molecule has 7 N–H and O–H groups in total. The van der Waals surface area contributed by atoms with E-state index in [1.165, 1.54) is 40.0 Å². The van der Waals surface area contributed by atoms with Crippen molar-refractivity contribution in [3.8, 4) is 0 Å². The molecule has 2 heterocycles. The summed E-state index contributed by atoms with van der Waals surface area (Å²) in [7, 11) is -3.74. The number of hydrogen-bond acceptors (Lipinski definition) is 14. The van der Waals surface area contributed by atoms with E-state index in [-0.39, 0.29) is 94.6 Å². The van der Waals surface area contributed by atoms with Gasteiger partial charge in [0.25, 0.3) is 0 Å². The Balaban J connectivity index is -0.000000262. The monoisotopic (exact) mass is 1100 g/mol. The third-order valence-corrected chi connectivity index (χ3v) is 12.7. The Labute approximate surface area is 460 Å². The zero-order valence-electron chi connectivity index (χ0n) is 50.9. The molecule has 76 heavy (non-hydrogen) atoms. The van der Waals surface area contributed by atoms with E-state index in [4.69, 9.17) is 26.0 Å². The summed E-state index contributed by atoms with van der Waals surface area (Å²) in [6.45, 7) is 40.4. The van der Waals surface area contributed by atoms with Crippen LogP contribution in [0.3, 0.4) is 0 Å². The Morgan fingerprint density at radius 1 is 0.711 bits per heavy atom. The van der Waals surface area contributed by atoms with Crippen molar-refractivity contribution < 1.29 is 57.4 Å². The first-order valence-corrected chi connectivity index (χ1v) is 29.4. The molecule has 1 atom stereocenters. The van der Waals surface area contributed by atoms with Crippen LogP contribution in [0.4, 0.5) is 0 Å². The summed E-state index contributed by atoms with van der Waals surface area (Å²) in [5, 5.41) is 2.85. The minimum absolute atomic E-state index is 0.0196. The first kappa shape index (κ1) is 81.1. The third-order valence-electron chi connectivity index (χ3n) is 11.4. The van der Waals surface area contributed by atoms with Crippen LogP contribution in [0.1, 0.15) is 200 Å². The van der Waals surface area contributed by atoms with Crippen LogP contribution in [-0.2, 0) is 42.9 Å². The van der Waals surface area contributed by atoms with Crippen molar-refractivity contribution in [1.82, 2.24) is 15.2 Å². The Morgan fingerprint density at radius 2 is 1.16 bits per heavy atom. The van der Waals surface area contributed by atoms with Gasteiger partial charge in [0.05, 0.1) is 31.5 Å². The minimum atomic E-state index is -3.74. The molecule has 0 spiro atoms. The molecule has 1 amide bonds. The summed E-state index contributed by atoms with van der Waals surface area (Å²) < 4.78 is 15.3. The van der Waals surface area contributed by atoms with Gasteiger partial charge in [-0.05, 0) is 37.8 Å². The molecule has 3 rings (SSSR count). The molecule has 2 aliphatic rings. The number of hydrogen-bond donors (Lipinski definition) is 5. The van der Waals surface area contributed by atoms with Crippen LogP contribution in [0.2, 0.25) is 0 Å². The second-order valence-corrected chi connectivity index (χ2v) is 23.8. The first-order chi connectivity index (χ1) is 35.1. The largest absolute Gasteiger partial charge is 0.379 e. The normalized spacial score (nSPS) is 13.6. The van der Waals surface area contributed by atoms with Crippen molar-refractivity contribution in [3.63, 3.8) is 0 Å². The molecule has 18 heteroatoms. The summed E-state index contributed by atoms with van der Waals surface area (Å²) >= 11 is 0. The fourth-order valence-corrected chi connectivity index (χ4v) is 5.85. The molecule has 1 saturated carbocycles. The molecule has 17 nitrogen and oxygen atoms in total. The van der Waals surface area contributed by atoms with Crippen LogP contribution >= 0.6 is 7.60 Å². The zero-order valence-corrected chi connectivity index (χ0v) is 51.8. The molecule has 1 aromatic rings. The minimum Gasteiger partial charge on any atom is -0.379 e. The topological polar surface area (TPSA) is 284 Å². The molecule has 0 radical (unpaired) electrons. The van der Waals surface area contributed by atoms with Gasteiger partial charge in [-0.1, -0.05) is 144 Å². The highest BCUT2D eigenvalue weighted by Crippen LogP contribution is 2.40. The number of morpholine rings is 1. The Hall–Kier alpha value is -3.70. The van der Waals surface area contributed by atoms with Crippen molar-refractivity contribution in [2.45, 2.75) is 201 Å². The molecule has 1 aliphatic carbocycles. The summed E-state index contributed by atoms with van der Waals surface area (Å²) in [5.74, 6) is 2.55. The van der Waals surface area contributed by atoms with Gasteiger partial charge >= 0.3 is 7.60 Å². The van der Waals surface area contributed by atoms with E-state index in [0.717, 1.165) is 45.7 Å². The second-order valence-electron chi connectivity index (χ2n) is 21.6. The maximum atomic E-state index is 11.5. The second kappa shape index (κ2) is 48.4. The van der Waals surface area contributed by atoms with Crippen LogP contribution in [0, 0.1) is 47.3 Å². The number of nitrogens with zero attached hydrogens (tertiary/aromatic N) is 2. The average molecular weight is 1100 g/mol. The van der Waals surface area contributed by atoms with E-state index in [0.29, 0.717) is 49.5 Å². The lowest BCUT2D eigenvalue weighted by atomic mass is 9.94. The van der Waals surface area contributed by atoms with Gasteiger partial charge in [-0.15, -0.1) is 0 Å². The van der Waals surface area contributed by atoms with E-state index in [1.807, 2.05) is 96.9 Å². The van der Waals surface area contributed by atoms with E-state index in [9.17, 15) is 42.9 Å². The molecule has 0 unspecified atom stereocenters. The van der Waals surface area contributed by atoms with Crippen LogP contribution in [-0.4, -0.2) is 124 Å². The zero-order chi connectivity index (χ0) is 60.3. The highest BCUT2D eigenvalue weighted by molar-refractivity contribution is 7.52. The van der Waals surface area contributed by atoms with Crippen LogP contribution in [0.5, 0.6) is 0 Å². The number of nitrogens with two attached hydrogens (primary N) is 2. The average Bonchev–Trinajstić information content (AvgIpc) is 3.90. The fraction of sp³-hybridized carbons (Fsp3) is 0.776. The van der Waals surface area contributed by atoms with Crippen molar-refractivity contribution in [3.05, 3.63) is 30.1 Å². The molecular formula is C58H110N5O12P. The summed E-state index contributed by atoms with van der Waals surface area (Å²) in [4.78, 5) is 111. The Bertz CT molecular complexity index is 1750. The predicted octanol–water partition coefficient (Wildman–Crippen LogP) is 9.70. The lowest BCUT2D eigenvalue weighted by Crippen LogP contribution is -2.41. The lowest BCUT2D eigenvalue weighted by Gasteiger charge is -2.26. The number of nitrogens with one attached hydrogen (secondary N) is 1. The number of Topliss-reactive ketones (excluding diaryl/α,β-unsaturated/α-hetero) is 7. The highest BCUT2D eigenvalue weighted by atomic mass is 31.2. The number of amides is 1. The third kappa shape index (κ3) is 48.7. The molecule has 1 aromatic heterocycles. The molecular weight excluding hydrogens is 990 g/mol. The van der Waals surface area contributed by atoms with Crippen LogP contribution < -0.4 is 16.8 Å². The number of carbonyl (C=O) groups is 8. The van der Waals surface area contributed by atoms with Gasteiger partial charge in [0.1, 0.15) is 28.9 Å². The number of aromatic nitrogens is 1. The highest BCUT2D eigenvalue weighted by Gasteiger charge is 2.24. The maximum absolute atomic E-state index is 11.5. The van der Waals surface area contributed by atoms with Crippen LogP contribution in [0.25, 0.3) is 0 Å². The Morgan fingerprint density at radius 3 is 1.46 bits per heavy atom. The molecule has 444 valence electrons. The SMILES string of the molecule is CC(=O)CCC(=O)C(C)C.CC(C)C(=O)C1CCCC1.CC(C)C(=O)CCC(=O)NCCN1CCOCC1.CC(C)C(=O)CN.CC(C)C(=O)[C@H](N)C(C)C.CC(C)C(=O)c1cccnc1.CC(C)P(=O)(O)O.CCC. The first-order valence-electron chi connectivity index (χ1n) is 27.7. The van der Waals surface area contributed by atoms with E-state index in [1.54, 1.807) is 24.5 Å². The van der Waals surface area contributed by atoms with E-state index >= 15 is 0 Å². The van der Waals surface area contributed by atoms with Gasteiger partial charge < -0.3 is 36.1 Å². The van der Waals surface area contributed by atoms with Gasteiger partial charge in [0, 0.05) is 111 Å². The number of ketones is 7. The maximum Gasteiger partial charge on any atom is 0.328 e. The smallest absolute Gasteiger partial charge is 0.328 e. The summed E-state index contributed by atoms with van der Waals surface area (Å²) in [6, 6.07) is 3.28. The predicted molar refractivity (Wildman–Crippen MR) is 309 cm³/mol. The Kier molecular flexibility index (Phi) is 51.7. The van der Waals surface area contributed by atoms with E-state index in [2.05, 4.69) is 29.0 Å². The van der Waals surface area contributed by atoms with Gasteiger partial charge in [0.15, 0.2) is 11.6 Å². The lowest BCUT2D eigenvalue weighted by molar-refractivity contribution is -0.126. The number of pyridine rings is 1. The molecule has 1 aliphatic heterocycles. The van der Waals surface area contributed by atoms with Crippen LogP contribution in [0.15, 0.2) is 24.5 Å². The van der Waals surface area contributed by atoms with E-state index < -0.39 is 13.3 Å². The molecule has 0 aromatic carbocycles. The standard InChI is InChI=1S/C13H24N2O3.C9H11NO.C9H16O.C8H17NO.C8H14O2.C5H11NO.C3H9O3P.C3H8/c1-11(2)12(16)3-4-13(17)14-5-6-15-7-9-18-10-8-15;1-7(2)9(11)8-4-3-5-10-6-8;1-7(2)9(10)8-5-3-4-6-8;1-5(2)7(9)8(10)6(3)4;1-6(2)8(10)5-4-7(3)9;1-4(2)5(7)3-6;1-3(2)7(4,5)6;1-3-2/h11H,3-10H2,1-2H3,(H,14,17);3-7H,1-2H3;7-8H,3-6H2,1-2H3;5-7H,9H2,1-4H3;6H,4-5H2,1-3H3;4H,3,6H2,1-2H3;3H,1-2H3,(H2,4,5,6);3H2,1-2H3/t;;;7-;;;;/m...1..../s1.